The lowest BCUT2D eigenvalue weighted by Crippen LogP contribution is -2.21. The van der Waals surface area contributed by atoms with Gasteiger partial charge in [0.25, 0.3) is 0 Å². The largest absolute Gasteiger partial charge is 0.372 e. The van der Waals surface area contributed by atoms with Crippen molar-refractivity contribution in [3.05, 3.63) is 0 Å². The molecular weight excluding hydrogens is 152 g/mol. The first-order chi connectivity index (χ1) is 5.48. The van der Waals surface area contributed by atoms with E-state index < -0.39 is 5.41 Å². The van der Waals surface area contributed by atoms with Gasteiger partial charge in [-0.05, 0) is 27.2 Å². The Morgan fingerprint density at radius 3 is 2.42 bits per heavy atom. The molecule has 2 heteroatoms. The summed E-state index contributed by atoms with van der Waals surface area (Å²) in [6, 6.07) is 0. The summed E-state index contributed by atoms with van der Waals surface area (Å²) in [6.45, 7) is 7.44. The maximum absolute atomic E-state index is 11.1. The second-order valence-corrected chi connectivity index (χ2v) is 3.67. The SMILES string of the molecule is CCCC#COC(=O)C(C)(C)C. The van der Waals surface area contributed by atoms with E-state index in [1.165, 1.54) is 0 Å². The van der Waals surface area contributed by atoms with Gasteiger partial charge in [-0.1, -0.05) is 12.8 Å². The van der Waals surface area contributed by atoms with Crippen molar-refractivity contribution in [2.45, 2.75) is 40.5 Å². The zero-order valence-corrected chi connectivity index (χ0v) is 8.23. The highest BCUT2D eigenvalue weighted by molar-refractivity contribution is 5.76. The standard InChI is InChI=1S/C10H16O2/c1-5-6-7-8-12-9(11)10(2,3)4/h5-6H2,1-4H3. The molecule has 0 saturated carbocycles. The second kappa shape index (κ2) is 4.82. The molecule has 0 atom stereocenters. The number of esters is 1. The molecule has 0 aromatic rings. The number of ether oxygens (including phenoxy) is 1. The van der Waals surface area contributed by atoms with E-state index in [1.807, 2.05) is 6.92 Å². The van der Waals surface area contributed by atoms with Crippen molar-refractivity contribution in [3.8, 4) is 12.0 Å². The molecule has 0 aliphatic heterocycles. The van der Waals surface area contributed by atoms with Crippen molar-refractivity contribution in [2.75, 3.05) is 0 Å². The van der Waals surface area contributed by atoms with Crippen LogP contribution >= 0.6 is 0 Å². The molecule has 0 fully saturated rings. The maximum Gasteiger partial charge on any atom is 0.325 e. The summed E-state index contributed by atoms with van der Waals surface area (Å²) in [5.41, 5.74) is -0.457. The van der Waals surface area contributed by atoms with E-state index in [2.05, 4.69) is 12.0 Å². The zero-order chi connectivity index (χ0) is 9.61. The Balaban J connectivity index is 3.82. The monoisotopic (exact) mass is 168 g/mol. The van der Waals surface area contributed by atoms with E-state index in [-0.39, 0.29) is 5.97 Å². The molecule has 0 amide bonds. The molecule has 0 heterocycles. The van der Waals surface area contributed by atoms with Crippen LogP contribution in [0.2, 0.25) is 0 Å². The molecule has 0 radical (unpaired) electrons. The Hall–Kier alpha value is -0.970. The topological polar surface area (TPSA) is 26.3 Å². The number of hydrogen-bond acceptors (Lipinski definition) is 2. The van der Waals surface area contributed by atoms with Crippen LogP contribution in [-0.4, -0.2) is 5.97 Å². The van der Waals surface area contributed by atoms with Crippen LogP contribution in [0.3, 0.4) is 0 Å². The van der Waals surface area contributed by atoms with Crippen LogP contribution < -0.4 is 0 Å². The molecule has 0 aliphatic carbocycles. The van der Waals surface area contributed by atoms with E-state index in [0.717, 1.165) is 12.8 Å². The minimum absolute atomic E-state index is 0.272. The van der Waals surface area contributed by atoms with Crippen LogP contribution in [0.4, 0.5) is 0 Å². The third-order valence-electron chi connectivity index (χ3n) is 1.20. The number of carbonyl (C=O) groups is 1. The third-order valence-corrected chi connectivity index (χ3v) is 1.20. The minimum atomic E-state index is -0.457. The molecule has 0 aromatic heterocycles. The molecule has 0 saturated heterocycles. The minimum Gasteiger partial charge on any atom is -0.372 e. The molecular formula is C10H16O2. The Bertz CT molecular complexity index is 200. The second-order valence-electron chi connectivity index (χ2n) is 3.67. The quantitative estimate of drug-likeness (QED) is 0.443. The Labute approximate surface area is 74.3 Å². The Morgan fingerprint density at radius 1 is 1.42 bits per heavy atom. The normalized spacial score (nSPS) is 10.0. The predicted octanol–water partition coefficient (Wildman–Crippen LogP) is 2.34. The highest BCUT2D eigenvalue weighted by Gasteiger charge is 2.22. The Morgan fingerprint density at radius 2 is 2.00 bits per heavy atom. The van der Waals surface area contributed by atoms with Crippen molar-refractivity contribution >= 4 is 5.97 Å². The van der Waals surface area contributed by atoms with Crippen LogP contribution in [0.25, 0.3) is 0 Å². The van der Waals surface area contributed by atoms with Crippen molar-refractivity contribution in [3.63, 3.8) is 0 Å². The van der Waals surface area contributed by atoms with E-state index in [0.29, 0.717) is 0 Å². The van der Waals surface area contributed by atoms with Gasteiger partial charge in [0, 0.05) is 6.42 Å². The average Bonchev–Trinajstić information content (AvgIpc) is 1.96. The van der Waals surface area contributed by atoms with Gasteiger partial charge in [-0.25, -0.2) is 0 Å². The van der Waals surface area contributed by atoms with E-state index in [1.54, 1.807) is 20.8 Å². The van der Waals surface area contributed by atoms with Crippen LogP contribution in [0.1, 0.15) is 40.5 Å². The van der Waals surface area contributed by atoms with Gasteiger partial charge in [0.05, 0.1) is 5.41 Å². The summed E-state index contributed by atoms with van der Waals surface area (Å²) < 4.78 is 4.71. The zero-order valence-electron chi connectivity index (χ0n) is 8.23. The van der Waals surface area contributed by atoms with Crippen LogP contribution in [0, 0.1) is 17.4 Å². The molecule has 0 aromatic carbocycles. The molecule has 0 rings (SSSR count). The fourth-order valence-electron chi connectivity index (χ4n) is 0.412. The summed E-state index contributed by atoms with van der Waals surface area (Å²) in [6.07, 6.45) is 4.15. The van der Waals surface area contributed by atoms with Gasteiger partial charge >= 0.3 is 5.97 Å². The first kappa shape index (κ1) is 11.0. The van der Waals surface area contributed by atoms with Gasteiger partial charge in [0.15, 0.2) is 0 Å². The van der Waals surface area contributed by atoms with Gasteiger partial charge < -0.3 is 4.74 Å². The molecule has 12 heavy (non-hydrogen) atoms. The summed E-state index contributed by atoms with van der Waals surface area (Å²) in [5, 5.41) is 0. The van der Waals surface area contributed by atoms with Crippen LogP contribution in [-0.2, 0) is 9.53 Å². The van der Waals surface area contributed by atoms with Crippen LogP contribution in [0.15, 0.2) is 0 Å². The number of carbonyl (C=O) groups excluding carboxylic acids is 1. The van der Waals surface area contributed by atoms with Crippen molar-refractivity contribution in [2.24, 2.45) is 5.41 Å². The molecule has 0 unspecified atom stereocenters. The summed E-state index contributed by atoms with van der Waals surface area (Å²) in [5.74, 6) is 2.47. The van der Waals surface area contributed by atoms with Gasteiger partial charge in [-0.2, -0.15) is 0 Å². The van der Waals surface area contributed by atoms with Gasteiger partial charge in [0.2, 0.25) is 0 Å². The van der Waals surface area contributed by atoms with Crippen molar-refractivity contribution in [1.82, 2.24) is 0 Å². The number of rotatable bonds is 1. The van der Waals surface area contributed by atoms with Gasteiger partial charge in [0.1, 0.15) is 6.11 Å². The maximum atomic E-state index is 11.1. The highest BCUT2D eigenvalue weighted by Crippen LogP contribution is 2.14. The molecule has 68 valence electrons. The first-order valence-corrected chi connectivity index (χ1v) is 4.17. The molecule has 0 spiro atoms. The van der Waals surface area contributed by atoms with E-state index in [9.17, 15) is 4.79 Å². The van der Waals surface area contributed by atoms with Gasteiger partial charge in [-0.15, -0.1) is 0 Å². The number of unbranched alkanes of at least 4 members (excludes halogenated alkanes) is 1. The third kappa shape index (κ3) is 4.79. The highest BCUT2D eigenvalue weighted by atomic mass is 16.5. The summed E-state index contributed by atoms with van der Waals surface area (Å²) in [4.78, 5) is 11.1. The fourth-order valence-corrected chi connectivity index (χ4v) is 0.412. The van der Waals surface area contributed by atoms with E-state index in [4.69, 9.17) is 4.74 Å². The summed E-state index contributed by atoms with van der Waals surface area (Å²) in [7, 11) is 0. The molecule has 0 aliphatic rings. The Kier molecular flexibility index (Phi) is 4.43. The lowest BCUT2D eigenvalue weighted by atomic mass is 9.98. The van der Waals surface area contributed by atoms with Crippen molar-refractivity contribution in [1.29, 1.82) is 0 Å². The van der Waals surface area contributed by atoms with Gasteiger partial charge in [-0.3, -0.25) is 4.79 Å². The summed E-state index contributed by atoms with van der Waals surface area (Å²) >= 11 is 0. The lowest BCUT2D eigenvalue weighted by Gasteiger charge is -2.12. The van der Waals surface area contributed by atoms with Crippen LogP contribution in [0.5, 0.6) is 0 Å². The molecule has 0 bridgehead atoms. The number of hydrogen-bond donors (Lipinski definition) is 0. The predicted molar refractivity (Wildman–Crippen MR) is 48.2 cm³/mol. The van der Waals surface area contributed by atoms with E-state index >= 15 is 0 Å². The molecule has 2 nitrogen and oxygen atoms in total. The molecule has 0 N–H and O–H groups in total. The fraction of sp³-hybridized carbons (Fsp3) is 0.700. The lowest BCUT2D eigenvalue weighted by molar-refractivity contribution is -0.145. The van der Waals surface area contributed by atoms with Crippen molar-refractivity contribution < 1.29 is 9.53 Å². The average molecular weight is 168 g/mol. The smallest absolute Gasteiger partial charge is 0.325 e. The first-order valence-electron chi connectivity index (χ1n) is 4.17.